The van der Waals surface area contributed by atoms with Gasteiger partial charge in [0.15, 0.2) is 17.2 Å². The molecule has 4 heteroatoms. The SMILES string of the molecule is CCCCCC(=O)CCCCC.Oc1cccc(O)c1O. The number of Topliss-reactive ketones (excluding diaryl/α,β-unsaturated/α-hetero) is 1. The lowest BCUT2D eigenvalue weighted by Crippen LogP contribution is -1.96. The number of carbonyl (C=O) groups is 1. The van der Waals surface area contributed by atoms with Gasteiger partial charge in [-0.15, -0.1) is 0 Å². The predicted octanol–water partition coefficient (Wildman–Crippen LogP) is 4.52. The van der Waals surface area contributed by atoms with Gasteiger partial charge >= 0.3 is 0 Å². The van der Waals surface area contributed by atoms with Gasteiger partial charge in [0.2, 0.25) is 0 Å². The summed E-state index contributed by atoms with van der Waals surface area (Å²) >= 11 is 0. The normalized spacial score (nSPS) is 9.81. The Hall–Kier alpha value is -1.71. The zero-order valence-corrected chi connectivity index (χ0v) is 13.1. The van der Waals surface area contributed by atoms with Crippen molar-refractivity contribution in [2.24, 2.45) is 0 Å². The van der Waals surface area contributed by atoms with Crippen LogP contribution >= 0.6 is 0 Å². The number of ketones is 1. The molecule has 0 atom stereocenters. The van der Waals surface area contributed by atoms with Crippen LogP contribution in [-0.2, 0) is 4.79 Å². The fraction of sp³-hybridized carbons (Fsp3) is 0.588. The zero-order chi connectivity index (χ0) is 16.1. The second kappa shape index (κ2) is 12.1. The van der Waals surface area contributed by atoms with Crippen LogP contribution < -0.4 is 0 Å². The number of phenols is 3. The van der Waals surface area contributed by atoms with Crippen molar-refractivity contribution in [2.45, 2.75) is 65.2 Å². The van der Waals surface area contributed by atoms with Gasteiger partial charge in [-0.2, -0.15) is 0 Å². The van der Waals surface area contributed by atoms with Crippen LogP contribution in [0.15, 0.2) is 18.2 Å². The first-order chi connectivity index (χ1) is 10.0. The number of unbranched alkanes of at least 4 members (excludes halogenated alkanes) is 4. The first-order valence-electron chi connectivity index (χ1n) is 7.74. The zero-order valence-electron chi connectivity index (χ0n) is 13.1. The molecule has 1 rings (SSSR count). The fourth-order valence-electron chi connectivity index (χ4n) is 1.79. The molecule has 120 valence electrons. The Bertz CT molecular complexity index is 370. The van der Waals surface area contributed by atoms with Crippen molar-refractivity contribution in [1.29, 1.82) is 0 Å². The minimum Gasteiger partial charge on any atom is -0.504 e. The van der Waals surface area contributed by atoms with Gasteiger partial charge in [-0.25, -0.2) is 0 Å². The third-order valence-electron chi connectivity index (χ3n) is 3.11. The van der Waals surface area contributed by atoms with E-state index in [-0.39, 0.29) is 11.5 Å². The van der Waals surface area contributed by atoms with Crippen LogP contribution in [0.2, 0.25) is 0 Å². The molecule has 1 aromatic carbocycles. The molecule has 0 aliphatic carbocycles. The molecule has 0 fully saturated rings. The maximum absolute atomic E-state index is 11.2. The smallest absolute Gasteiger partial charge is 0.200 e. The molecule has 21 heavy (non-hydrogen) atoms. The molecule has 0 amide bonds. The van der Waals surface area contributed by atoms with Crippen molar-refractivity contribution in [3.63, 3.8) is 0 Å². The van der Waals surface area contributed by atoms with E-state index in [0.717, 1.165) is 25.7 Å². The maximum Gasteiger partial charge on any atom is 0.200 e. The standard InChI is InChI=1S/C11H22O.C6H6O3/c1-3-5-7-9-11(12)10-8-6-4-2;7-4-2-1-3-5(8)6(4)9/h3-10H2,1-2H3;1-3,7-9H. The van der Waals surface area contributed by atoms with Gasteiger partial charge in [-0.1, -0.05) is 45.6 Å². The Morgan fingerprint density at radius 2 is 1.29 bits per heavy atom. The van der Waals surface area contributed by atoms with Crippen molar-refractivity contribution >= 4 is 5.78 Å². The number of hydrogen-bond acceptors (Lipinski definition) is 4. The van der Waals surface area contributed by atoms with Crippen LogP contribution in [0.1, 0.15) is 65.2 Å². The molecule has 0 saturated heterocycles. The Morgan fingerprint density at radius 1 is 0.857 bits per heavy atom. The largest absolute Gasteiger partial charge is 0.504 e. The summed E-state index contributed by atoms with van der Waals surface area (Å²) in [4.78, 5) is 11.2. The molecule has 0 spiro atoms. The molecule has 0 bridgehead atoms. The predicted molar refractivity (Wildman–Crippen MR) is 84.7 cm³/mol. The van der Waals surface area contributed by atoms with Crippen LogP contribution in [-0.4, -0.2) is 21.1 Å². The van der Waals surface area contributed by atoms with E-state index in [9.17, 15) is 4.79 Å². The average Bonchev–Trinajstić information content (AvgIpc) is 2.46. The van der Waals surface area contributed by atoms with E-state index in [2.05, 4.69) is 13.8 Å². The van der Waals surface area contributed by atoms with E-state index >= 15 is 0 Å². The van der Waals surface area contributed by atoms with Crippen LogP contribution in [0, 0.1) is 0 Å². The Morgan fingerprint density at radius 3 is 1.62 bits per heavy atom. The van der Waals surface area contributed by atoms with Gasteiger partial charge in [0.1, 0.15) is 5.78 Å². The molecule has 0 aromatic heterocycles. The van der Waals surface area contributed by atoms with Crippen molar-refractivity contribution in [1.82, 2.24) is 0 Å². The first kappa shape index (κ1) is 19.3. The van der Waals surface area contributed by atoms with Gasteiger partial charge in [0, 0.05) is 12.8 Å². The van der Waals surface area contributed by atoms with Crippen molar-refractivity contribution in [3.05, 3.63) is 18.2 Å². The summed E-state index contributed by atoms with van der Waals surface area (Å²) in [5, 5.41) is 26.1. The summed E-state index contributed by atoms with van der Waals surface area (Å²) in [6.07, 6.45) is 8.67. The average molecular weight is 296 g/mol. The van der Waals surface area contributed by atoms with Gasteiger partial charge in [-0.05, 0) is 25.0 Å². The van der Waals surface area contributed by atoms with Gasteiger partial charge < -0.3 is 15.3 Å². The highest BCUT2D eigenvalue weighted by atomic mass is 16.3. The van der Waals surface area contributed by atoms with E-state index in [4.69, 9.17) is 15.3 Å². The van der Waals surface area contributed by atoms with E-state index in [0.29, 0.717) is 5.78 Å². The summed E-state index contributed by atoms with van der Waals surface area (Å²) in [5.41, 5.74) is 0. The highest BCUT2D eigenvalue weighted by Gasteiger charge is 2.01. The van der Waals surface area contributed by atoms with E-state index in [1.54, 1.807) is 0 Å². The molecular formula is C17H28O4. The van der Waals surface area contributed by atoms with Crippen LogP contribution in [0.5, 0.6) is 17.2 Å². The number of hydrogen-bond donors (Lipinski definition) is 3. The van der Waals surface area contributed by atoms with Crippen molar-refractivity contribution in [2.75, 3.05) is 0 Å². The third-order valence-corrected chi connectivity index (χ3v) is 3.11. The maximum atomic E-state index is 11.2. The summed E-state index contributed by atoms with van der Waals surface area (Å²) < 4.78 is 0. The van der Waals surface area contributed by atoms with Crippen molar-refractivity contribution < 1.29 is 20.1 Å². The number of aromatic hydroxyl groups is 3. The summed E-state index contributed by atoms with van der Waals surface area (Å²) in [6, 6.07) is 4.01. The minimum absolute atomic E-state index is 0.310. The van der Waals surface area contributed by atoms with Crippen LogP contribution in [0.25, 0.3) is 0 Å². The number of para-hydroxylation sites is 1. The highest BCUT2D eigenvalue weighted by molar-refractivity contribution is 5.78. The molecule has 4 nitrogen and oxygen atoms in total. The molecule has 0 saturated carbocycles. The van der Waals surface area contributed by atoms with E-state index in [1.165, 1.54) is 43.9 Å². The number of rotatable bonds is 8. The topological polar surface area (TPSA) is 77.8 Å². The van der Waals surface area contributed by atoms with Gasteiger partial charge in [0.05, 0.1) is 0 Å². The second-order valence-electron chi connectivity index (χ2n) is 5.10. The van der Waals surface area contributed by atoms with Crippen molar-refractivity contribution in [3.8, 4) is 17.2 Å². The Balaban J connectivity index is 0.000000394. The summed E-state index contributed by atoms with van der Waals surface area (Å²) in [7, 11) is 0. The van der Waals surface area contributed by atoms with Crippen LogP contribution in [0.3, 0.4) is 0 Å². The van der Waals surface area contributed by atoms with Crippen LogP contribution in [0.4, 0.5) is 0 Å². The number of benzene rings is 1. The quantitative estimate of drug-likeness (QED) is 0.487. The molecule has 0 heterocycles. The summed E-state index contributed by atoms with van der Waals surface area (Å²) in [5.74, 6) is -0.626. The molecule has 0 radical (unpaired) electrons. The number of carbonyl (C=O) groups excluding carboxylic acids is 1. The second-order valence-corrected chi connectivity index (χ2v) is 5.10. The first-order valence-corrected chi connectivity index (χ1v) is 7.74. The lowest BCUT2D eigenvalue weighted by atomic mass is 10.1. The number of phenolic OH excluding ortho intramolecular Hbond substituents is 3. The van der Waals surface area contributed by atoms with Gasteiger partial charge in [-0.3, -0.25) is 4.79 Å². The monoisotopic (exact) mass is 296 g/mol. The highest BCUT2D eigenvalue weighted by Crippen LogP contribution is 2.32. The van der Waals surface area contributed by atoms with E-state index < -0.39 is 5.75 Å². The lowest BCUT2D eigenvalue weighted by molar-refractivity contribution is -0.119. The third kappa shape index (κ3) is 9.77. The minimum atomic E-state index is -0.475. The molecule has 3 N–H and O–H groups in total. The van der Waals surface area contributed by atoms with Gasteiger partial charge in [0.25, 0.3) is 0 Å². The lowest BCUT2D eigenvalue weighted by Gasteiger charge is -1.98. The molecule has 1 aromatic rings. The summed E-state index contributed by atoms with van der Waals surface area (Å²) in [6.45, 7) is 4.34. The molecule has 0 unspecified atom stereocenters. The Kier molecular flexibility index (Phi) is 11.1. The molecular weight excluding hydrogens is 268 g/mol. The molecule has 0 aliphatic heterocycles. The van der Waals surface area contributed by atoms with E-state index in [1.807, 2.05) is 0 Å². The molecule has 0 aliphatic rings. The Labute approximate surface area is 127 Å². The fourth-order valence-corrected chi connectivity index (χ4v) is 1.79.